The Hall–Kier alpha value is -3.15. The van der Waals surface area contributed by atoms with Gasteiger partial charge >= 0.3 is 0 Å². The summed E-state index contributed by atoms with van der Waals surface area (Å²) in [6.45, 7) is 4.79. The molecule has 0 saturated heterocycles. The van der Waals surface area contributed by atoms with Gasteiger partial charge in [-0.3, -0.25) is 4.79 Å². The number of fused-ring (bicyclic) bond motifs is 1. The molecule has 0 unspecified atom stereocenters. The lowest BCUT2D eigenvalue weighted by molar-refractivity contribution is -0.121. The van der Waals surface area contributed by atoms with Gasteiger partial charge in [-0.25, -0.2) is 0 Å². The molecule has 0 radical (unpaired) electrons. The zero-order valence-corrected chi connectivity index (χ0v) is 14.7. The molecular formula is C20H19N3O3. The number of aryl methyl sites for hydroxylation is 1. The fourth-order valence-corrected chi connectivity index (χ4v) is 3.05. The minimum atomic E-state index is -0.0370. The zero-order chi connectivity index (χ0) is 18.1. The highest BCUT2D eigenvalue weighted by molar-refractivity contribution is 5.98. The van der Waals surface area contributed by atoms with Gasteiger partial charge < -0.3 is 14.2 Å². The summed E-state index contributed by atoms with van der Waals surface area (Å²) in [4.78, 5) is 18.4. The van der Waals surface area contributed by atoms with Crippen molar-refractivity contribution in [2.75, 3.05) is 18.1 Å². The minimum absolute atomic E-state index is 0.0370. The Morgan fingerprint density at radius 2 is 2.04 bits per heavy atom. The van der Waals surface area contributed by atoms with Crippen LogP contribution in [0.3, 0.4) is 0 Å². The topological polar surface area (TPSA) is 68.5 Å². The van der Waals surface area contributed by atoms with Crippen LogP contribution in [0.4, 0.5) is 5.69 Å². The van der Waals surface area contributed by atoms with Crippen LogP contribution in [0.2, 0.25) is 0 Å². The van der Waals surface area contributed by atoms with Crippen molar-refractivity contribution in [3.63, 3.8) is 0 Å². The first-order valence-electron chi connectivity index (χ1n) is 8.64. The van der Waals surface area contributed by atoms with Crippen LogP contribution in [-0.2, 0) is 4.79 Å². The summed E-state index contributed by atoms with van der Waals surface area (Å²) in [6, 6.07) is 13.5. The van der Waals surface area contributed by atoms with E-state index in [2.05, 4.69) is 10.1 Å². The van der Waals surface area contributed by atoms with Gasteiger partial charge in [0.05, 0.1) is 5.69 Å². The summed E-state index contributed by atoms with van der Waals surface area (Å²) >= 11 is 0. The Kier molecular flexibility index (Phi) is 4.16. The van der Waals surface area contributed by atoms with E-state index in [1.54, 1.807) is 4.90 Å². The molecule has 0 aliphatic carbocycles. The van der Waals surface area contributed by atoms with Crippen molar-refractivity contribution in [3.8, 4) is 28.6 Å². The molecule has 26 heavy (non-hydrogen) atoms. The predicted molar refractivity (Wildman–Crippen MR) is 98.0 cm³/mol. The normalized spacial score (nSPS) is 13.5. The maximum absolute atomic E-state index is 12.2. The van der Waals surface area contributed by atoms with Gasteiger partial charge in [-0.2, -0.15) is 4.98 Å². The van der Waals surface area contributed by atoms with E-state index >= 15 is 0 Å². The number of rotatable bonds is 4. The SMILES string of the molecule is CCCN1C(=O)COc2ccc(-c3noc(-c4cccc(C)c4)n3)cc21. The molecule has 1 amide bonds. The molecule has 0 spiro atoms. The summed E-state index contributed by atoms with van der Waals surface area (Å²) in [5, 5.41) is 4.10. The van der Waals surface area contributed by atoms with Gasteiger partial charge in [0, 0.05) is 17.7 Å². The van der Waals surface area contributed by atoms with Gasteiger partial charge in [-0.1, -0.05) is 29.8 Å². The number of anilines is 1. The van der Waals surface area contributed by atoms with Gasteiger partial charge in [-0.15, -0.1) is 0 Å². The summed E-state index contributed by atoms with van der Waals surface area (Å²) in [5.41, 5.74) is 3.54. The van der Waals surface area contributed by atoms with Crippen molar-refractivity contribution in [2.45, 2.75) is 20.3 Å². The van der Waals surface area contributed by atoms with E-state index in [0.717, 1.165) is 28.8 Å². The van der Waals surface area contributed by atoms with Crippen LogP contribution in [0.25, 0.3) is 22.8 Å². The lowest BCUT2D eigenvalue weighted by Gasteiger charge is -2.29. The smallest absolute Gasteiger partial charge is 0.265 e. The molecule has 0 atom stereocenters. The highest BCUT2D eigenvalue weighted by Gasteiger charge is 2.25. The first-order valence-corrected chi connectivity index (χ1v) is 8.64. The van der Waals surface area contributed by atoms with Crippen LogP contribution in [0.1, 0.15) is 18.9 Å². The number of amides is 1. The molecule has 0 N–H and O–H groups in total. The third kappa shape index (κ3) is 2.94. The van der Waals surface area contributed by atoms with Gasteiger partial charge in [0.2, 0.25) is 5.82 Å². The molecule has 0 bridgehead atoms. The number of carbonyl (C=O) groups is 1. The third-order valence-electron chi connectivity index (χ3n) is 4.30. The molecule has 1 aromatic heterocycles. The summed E-state index contributed by atoms with van der Waals surface area (Å²) in [6.07, 6.45) is 0.870. The van der Waals surface area contributed by atoms with Crippen LogP contribution >= 0.6 is 0 Å². The average Bonchev–Trinajstić information content (AvgIpc) is 3.14. The second-order valence-corrected chi connectivity index (χ2v) is 6.31. The number of hydrogen-bond donors (Lipinski definition) is 0. The molecule has 132 valence electrons. The maximum Gasteiger partial charge on any atom is 0.265 e. The van der Waals surface area contributed by atoms with Crippen LogP contribution in [0.5, 0.6) is 5.75 Å². The van der Waals surface area contributed by atoms with Crippen molar-refractivity contribution < 1.29 is 14.1 Å². The van der Waals surface area contributed by atoms with Crippen LogP contribution in [-0.4, -0.2) is 29.2 Å². The fraction of sp³-hybridized carbons (Fsp3) is 0.250. The van der Waals surface area contributed by atoms with Gasteiger partial charge in [-0.05, 0) is 43.7 Å². The Morgan fingerprint density at radius 1 is 1.15 bits per heavy atom. The fourth-order valence-electron chi connectivity index (χ4n) is 3.05. The van der Waals surface area contributed by atoms with E-state index in [9.17, 15) is 4.79 Å². The van der Waals surface area contributed by atoms with Crippen molar-refractivity contribution in [1.29, 1.82) is 0 Å². The average molecular weight is 349 g/mol. The van der Waals surface area contributed by atoms with E-state index in [1.807, 2.05) is 56.3 Å². The minimum Gasteiger partial charge on any atom is -0.482 e. The van der Waals surface area contributed by atoms with Gasteiger partial charge in [0.1, 0.15) is 5.75 Å². The standard InChI is InChI=1S/C20H19N3O3/c1-3-9-23-16-11-14(7-8-17(16)25-12-18(23)24)19-21-20(26-22-19)15-6-4-5-13(2)10-15/h4-8,10-11H,3,9,12H2,1-2H3. The molecule has 3 aromatic rings. The number of nitrogens with zero attached hydrogens (tertiary/aromatic N) is 3. The second kappa shape index (κ2) is 6.63. The number of carbonyl (C=O) groups excluding carboxylic acids is 1. The molecule has 1 aliphatic heterocycles. The zero-order valence-electron chi connectivity index (χ0n) is 14.7. The summed E-state index contributed by atoms with van der Waals surface area (Å²) < 4.78 is 11.0. The van der Waals surface area contributed by atoms with Gasteiger partial charge in [0.15, 0.2) is 6.61 Å². The highest BCUT2D eigenvalue weighted by Crippen LogP contribution is 2.36. The number of aromatic nitrogens is 2. The van der Waals surface area contributed by atoms with E-state index < -0.39 is 0 Å². The Bertz CT molecular complexity index is 964. The van der Waals surface area contributed by atoms with Crippen LogP contribution in [0, 0.1) is 6.92 Å². The molecule has 0 fully saturated rings. The maximum atomic E-state index is 12.2. The van der Waals surface area contributed by atoms with E-state index in [-0.39, 0.29) is 12.5 Å². The van der Waals surface area contributed by atoms with Crippen LogP contribution in [0.15, 0.2) is 47.0 Å². The molecule has 0 saturated carbocycles. The van der Waals surface area contributed by atoms with Crippen molar-refractivity contribution >= 4 is 11.6 Å². The Labute approximate surface area is 151 Å². The van der Waals surface area contributed by atoms with E-state index in [0.29, 0.717) is 24.0 Å². The predicted octanol–water partition coefficient (Wildman–Crippen LogP) is 3.85. The quantitative estimate of drug-likeness (QED) is 0.716. The van der Waals surface area contributed by atoms with Crippen molar-refractivity contribution in [1.82, 2.24) is 10.1 Å². The first kappa shape index (κ1) is 16.3. The number of benzene rings is 2. The lowest BCUT2D eigenvalue weighted by atomic mass is 10.1. The monoisotopic (exact) mass is 349 g/mol. The third-order valence-corrected chi connectivity index (χ3v) is 4.30. The van der Waals surface area contributed by atoms with Gasteiger partial charge in [0.25, 0.3) is 11.8 Å². The molecule has 1 aliphatic rings. The number of ether oxygens (including phenoxy) is 1. The molecule has 4 rings (SSSR count). The lowest BCUT2D eigenvalue weighted by Crippen LogP contribution is -2.39. The van der Waals surface area contributed by atoms with Crippen molar-refractivity contribution in [2.24, 2.45) is 0 Å². The molecular weight excluding hydrogens is 330 g/mol. The summed E-state index contributed by atoms with van der Waals surface area (Å²) in [7, 11) is 0. The largest absolute Gasteiger partial charge is 0.482 e. The Balaban J connectivity index is 1.70. The van der Waals surface area contributed by atoms with E-state index in [4.69, 9.17) is 9.26 Å². The molecule has 6 heteroatoms. The van der Waals surface area contributed by atoms with Crippen LogP contribution < -0.4 is 9.64 Å². The summed E-state index contributed by atoms with van der Waals surface area (Å²) in [5.74, 6) is 1.62. The molecule has 2 heterocycles. The number of hydrogen-bond acceptors (Lipinski definition) is 5. The molecule has 6 nitrogen and oxygen atoms in total. The molecule has 2 aromatic carbocycles. The Morgan fingerprint density at radius 3 is 2.85 bits per heavy atom. The highest BCUT2D eigenvalue weighted by atomic mass is 16.5. The van der Waals surface area contributed by atoms with E-state index in [1.165, 1.54) is 0 Å². The van der Waals surface area contributed by atoms with Crippen molar-refractivity contribution in [3.05, 3.63) is 48.0 Å². The first-order chi connectivity index (χ1) is 12.7. The second-order valence-electron chi connectivity index (χ2n) is 6.31.